The number of rotatable bonds is 18. The van der Waals surface area contributed by atoms with Crippen LogP contribution < -0.4 is 37.2 Å². The first-order valence-corrected chi connectivity index (χ1v) is 14.0. The number of carbonyl (C=O) groups is 7. The summed E-state index contributed by atoms with van der Waals surface area (Å²) in [5, 5.41) is 73.5. The lowest BCUT2D eigenvalue weighted by molar-refractivity contribution is -0.142. The predicted molar refractivity (Wildman–Crippen MR) is 151 cm³/mol. The summed E-state index contributed by atoms with van der Waals surface area (Å²) in [7, 11) is 0. The normalized spacial score (nSPS) is 19.7. The number of aliphatic carboxylic acids is 1. The van der Waals surface area contributed by atoms with E-state index < -0.39 is 116 Å². The summed E-state index contributed by atoms with van der Waals surface area (Å²) in [6.45, 7) is 0.928. The quantitative estimate of drug-likeness (QED) is 0.0656. The van der Waals surface area contributed by atoms with Gasteiger partial charge in [-0.15, -0.1) is 0 Å². The number of hydrogen-bond acceptors (Lipinski definition) is 13. The van der Waals surface area contributed by atoms with E-state index in [-0.39, 0.29) is 0 Å². The summed E-state index contributed by atoms with van der Waals surface area (Å²) < 4.78 is 0. The second-order valence-electron chi connectivity index (χ2n) is 10.4. The lowest BCUT2D eigenvalue weighted by Gasteiger charge is -2.27. The van der Waals surface area contributed by atoms with Crippen LogP contribution in [-0.4, -0.2) is 153 Å². The highest BCUT2D eigenvalue weighted by Crippen LogP contribution is 2.06. The lowest BCUT2D eigenvalue weighted by Crippen LogP contribution is -2.62. The zero-order valence-corrected chi connectivity index (χ0v) is 25.0. The molecule has 1 heterocycles. The van der Waals surface area contributed by atoms with Crippen molar-refractivity contribution in [3.8, 4) is 0 Å². The second kappa shape index (κ2) is 18.8. The molecule has 20 heteroatoms. The van der Waals surface area contributed by atoms with Gasteiger partial charge in [-0.3, -0.25) is 33.6 Å². The molecule has 1 rings (SSSR count). The maximum Gasteiger partial charge on any atom is 0.325 e. The number of hydrogen-bond donors (Lipinski definition) is 13. The molecule has 6 amide bonds. The summed E-state index contributed by atoms with van der Waals surface area (Å²) in [6, 6.07) is -10.5. The van der Waals surface area contributed by atoms with E-state index in [1.54, 1.807) is 0 Å². The largest absolute Gasteiger partial charge is 0.480 e. The summed E-state index contributed by atoms with van der Waals surface area (Å²) in [6.07, 6.45) is -1.71. The molecule has 1 saturated heterocycles. The highest BCUT2D eigenvalue weighted by atomic mass is 16.4. The average Bonchev–Trinajstić information content (AvgIpc) is 3.53. The Labute approximate surface area is 257 Å². The van der Waals surface area contributed by atoms with Crippen LogP contribution in [0.15, 0.2) is 0 Å². The van der Waals surface area contributed by atoms with Crippen molar-refractivity contribution in [1.29, 1.82) is 0 Å². The van der Waals surface area contributed by atoms with Crippen LogP contribution in [0, 0.1) is 0 Å². The fourth-order valence-corrected chi connectivity index (χ4v) is 3.98. The Morgan fingerprint density at radius 1 is 0.644 bits per heavy atom. The molecule has 256 valence electrons. The molecule has 0 unspecified atom stereocenters. The van der Waals surface area contributed by atoms with Gasteiger partial charge in [-0.25, -0.2) is 0 Å². The first-order valence-electron chi connectivity index (χ1n) is 14.0. The lowest BCUT2D eigenvalue weighted by atomic mass is 10.1. The van der Waals surface area contributed by atoms with Crippen LogP contribution in [0.2, 0.25) is 0 Å². The standard InChI is InChI=1S/C25H43N7O13/c1-10(25(44)45)27-23(42)17(11(2)36)32-22(41)16(9-35)29-20(39)14(7-33)28-21(40)15(8-34)30-24(43)18(12(3)37)31-19(38)13-5-4-6-26-13/h10-18,26,33-37H,4-9H2,1-3H3,(H,27,42)(H,28,40)(H,29,39)(H,30,43)(H,31,38)(H,32,41)(H,44,45)/t10-,11+,12+,13-,14-,15-,16-,17-,18-/m0/s1. The first kappa shape index (κ1) is 39.1. The van der Waals surface area contributed by atoms with Crippen LogP contribution in [0.4, 0.5) is 0 Å². The van der Waals surface area contributed by atoms with Crippen LogP contribution >= 0.6 is 0 Å². The molecule has 0 spiro atoms. The fourth-order valence-electron chi connectivity index (χ4n) is 3.98. The predicted octanol–water partition coefficient (Wildman–Crippen LogP) is -7.51. The number of aliphatic hydroxyl groups is 5. The molecule has 0 saturated carbocycles. The first-order chi connectivity index (χ1) is 21.1. The third-order valence-electron chi connectivity index (χ3n) is 6.68. The Balaban J connectivity index is 2.87. The molecular weight excluding hydrogens is 606 g/mol. The molecule has 0 bridgehead atoms. The molecule has 0 aliphatic carbocycles. The van der Waals surface area contributed by atoms with E-state index in [0.717, 1.165) is 20.3 Å². The van der Waals surface area contributed by atoms with E-state index in [2.05, 4.69) is 21.3 Å². The number of aliphatic hydroxyl groups excluding tert-OH is 5. The maximum atomic E-state index is 12.8. The van der Waals surface area contributed by atoms with Gasteiger partial charge in [0, 0.05) is 0 Å². The van der Waals surface area contributed by atoms with Crippen LogP contribution in [0.5, 0.6) is 0 Å². The number of carbonyl (C=O) groups excluding carboxylic acids is 6. The molecule has 1 aliphatic rings. The maximum absolute atomic E-state index is 12.8. The minimum Gasteiger partial charge on any atom is -0.480 e. The van der Waals surface area contributed by atoms with Gasteiger partial charge in [0.2, 0.25) is 35.4 Å². The SMILES string of the molecule is C[C@H](NC(=O)[C@@H](NC(=O)[C@H](CO)NC(=O)[C@H](CO)NC(=O)[C@H](CO)NC(=O)[C@@H](NC(=O)[C@@H]1CCCN1)[C@@H](C)O)[C@@H](C)O)C(=O)O. The summed E-state index contributed by atoms with van der Waals surface area (Å²) in [4.78, 5) is 86.6. The van der Waals surface area contributed by atoms with Gasteiger partial charge in [-0.1, -0.05) is 0 Å². The Kier molecular flexibility index (Phi) is 16.3. The van der Waals surface area contributed by atoms with Gasteiger partial charge in [0.05, 0.1) is 38.1 Å². The molecule has 1 aliphatic heterocycles. The highest BCUT2D eigenvalue weighted by Gasteiger charge is 2.35. The molecule has 0 aromatic carbocycles. The van der Waals surface area contributed by atoms with E-state index in [1.165, 1.54) is 6.92 Å². The van der Waals surface area contributed by atoms with Crippen molar-refractivity contribution in [3.63, 3.8) is 0 Å². The fraction of sp³-hybridized carbons (Fsp3) is 0.720. The molecule has 20 nitrogen and oxygen atoms in total. The van der Waals surface area contributed by atoms with Gasteiger partial charge in [0.1, 0.15) is 36.3 Å². The van der Waals surface area contributed by atoms with E-state index in [0.29, 0.717) is 13.0 Å². The van der Waals surface area contributed by atoms with Crippen LogP contribution in [0.3, 0.4) is 0 Å². The van der Waals surface area contributed by atoms with E-state index in [4.69, 9.17) is 5.11 Å². The number of carboxylic acid groups (broad SMARTS) is 1. The third-order valence-corrected chi connectivity index (χ3v) is 6.68. The summed E-state index contributed by atoms with van der Waals surface area (Å²) in [5.41, 5.74) is 0. The van der Waals surface area contributed by atoms with Crippen LogP contribution in [0.25, 0.3) is 0 Å². The van der Waals surface area contributed by atoms with Crippen LogP contribution in [-0.2, 0) is 33.6 Å². The summed E-state index contributed by atoms with van der Waals surface area (Å²) >= 11 is 0. The molecule has 1 fully saturated rings. The number of nitrogens with one attached hydrogen (secondary N) is 7. The van der Waals surface area contributed by atoms with Crippen molar-refractivity contribution >= 4 is 41.4 Å². The third kappa shape index (κ3) is 12.2. The molecule has 0 radical (unpaired) electrons. The molecule has 13 N–H and O–H groups in total. The highest BCUT2D eigenvalue weighted by molar-refractivity contribution is 5.97. The van der Waals surface area contributed by atoms with Gasteiger partial charge in [0.15, 0.2) is 0 Å². The van der Waals surface area contributed by atoms with Crippen molar-refractivity contribution in [2.24, 2.45) is 0 Å². The van der Waals surface area contributed by atoms with E-state index >= 15 is 0 Å². The van der Waals surface area contributed by atoms with Crippen molar-refractivity contribution in [2.45, 2.75) is 88.1 Å². The Hall–Kier alpha value is -3.95. The van der Waals surface area contributed by atoms with Crippen molar-refractivity contribution in [3.05, 3.63) is 0 Å². The van der Waals surface area contributed by atoms with Gasteiger partial charge >= 0.3 is 5.97 Å². The average molecular weight is 650 g/mol. The van der Waals surface area contributed by atoms with Crippen molar-refractivity contribution < 1.29 is 64.2 Å². The van der Waals surface area contributed by atoms with Gasteiger partial charge in [-0.05, 0) is 40.2 Å². The number of carboxylic acids is 1. The van der Waals surface area contributed by atoms with Gasteiger partial charge < -0.3 is 67.9 Å². The zero-order valence-electron chi connectivity index (χ0n) is 25.0. The Morgan fingerprint density at radius 3 is 1.42 bits per heavy atom. The minimum atomic E-state index is -1.79. The minimum absolute atomic E-state index is 0.508. The van der Waals surface area contributed by atoms with Crippen LogP contribution in [0.1, 0.15) is 33.6 Å². The van der Waals surface area contributed by atoms with Crippen molar-refractivity contribution in [2.75, 3.05) is 26.4 Å². The Morgan fingerprint density at radius 2 is 1.04 bits per heavy atom. The van der Waals surface area contributed by atoms with Gasteiger partial charge in [-0.2, -0.15) is 0 Å². The Bertz CT molecular complexity index is 1070. The molecule has 9 atom stereocenters. The van der Waals surface area contributed by atoms with E-state index in [1.807, 2.05) is 16.0 Å². The van der Waals surface area contributed by atoms with E-state index in [9.17, 15) is 59.1 Å². The zero-order chi connectivity index (χ0) is 34.4. The molecule has 45 heavy (non-hydrogen) atoms. The monoisotopic (exact) mass is 649 g/mol. The molecule has 0 aromatic heterocycles. The van der Waals surface area contributed by atoms with Gasteiger partial charge in [0.25, 0.3) is 0 Å². The molecule has 0 aromatic rings. The molecular formula is C25H43N7O13. The van der Waals surface area contributed by atoms with Crippen molar-refractivity contribution in [1.82, 2.24) is 37.2 Å². The topological polar surface area (TPSA) is 325 Å². The second-order valence-corrected chi connectivity index (χ2v) is 10.4. The summed E-state index contributed by atoms with van der Waals surface area (Å²) in [5.74, 6) is -7.68. The number of amides is 6. The smallest absolute Gasteiger partial charge is 0.325 e.